The van der Waals surface area contributed by atoms with Crippen molar-refractivity contribution in [3.05, 3.63) is 197 Å². The molecule has 10 rings (SSSR count). The average molecular weight is 668 g/mol. The zero-order chi connectivity index (χ0) is 34.6. The number of likely N-dealkylation sites (N-methyl/N-ethyl adjacent to an activating group) is 1. The molecule has 0 saturated carbocycles. The lowest BCUT2D eigenvalue weighted by atomic mass is 9.86. The lowest BCUT2D eigenvalue weighted by molar-refractivity contribution is 0.421. The first kappa shape index (κ1) is 30.5. The van der Waals surface area contributed by atoms with Crippen LogP contribution in [0.5, 0.6) is 0 Å². The van der Waals surface area contributed by atoms with Gasteiger partial charge in [-0.2, -0.15) is 0 Å². The van der Waals surface area contributed by atoms with E-state index in [0.29, 0.717) is 0 Å². The van der Waals surface area contributed by atoms with Gasteiger partial charge in [0.1, 0.15) is 5.84 Å². The molecule has 0 N–H and O–H groups in total. The molecule has 1 heterocycles. The van der Waals surface area contributed by atoms with E-state index in [-0.39, 0.29) is 6.17 Å². The summed E-state index contributed by atoms with van der Waals surface area (Å²) < 4.78 is 0. The van der Waals surface area contributed by atoms with E-state index < -0.39 is 0 Å². The maximum Gasteiger partial charge on any atom is 0.159 e. The highest BCUT2D eigenvalue weighted by molar-refractivity contribution is 6.15. The number of rotatable bonds is 5. The molecule has 2 aliphatic carbocycles. The Balaban J connectivity index is 1.09. The number of amidine groups is 2. The number of benzene rings is 7. The molecular weight excluding hydrogens is 631 g/mol. The average Bonchev–Trinajstić information content (AvgIpc) is 3.60. The molecule has 7 aromatic rings. The minimum Gasteiger partial charge on any atom is -0.333 e. The van der Waals surface area contributed by atoms with Crippen LogP contribution in [0.4, 0.5) is 0 Å². The van der Waals surface area contributed by atoms with Crippen LogP contribution in [-0.4, -0.2) is 29.8 Å². The van der Waals surface area contributed by atoms with Gasteiger partial charge in [0, 0.05) is 23.7 Å². The zero-order valence-corrected chi connectivity index (χ0v) is 29.1. The molecule has 0 aromatic heterocycles. The van der Waals surface area contributed by atoms with Crippen LogP contribution in [0.25, 0.3) is 49.4 Å². The Hall–Kier alpha value is -6.32. The fourth-order valence-electron chi connectivity index (χ4n) is 8.51. The van der Waals surface area contributed by atoms with E-state index in [1.807, 2.05) is 0 Å². The number of hydrogen-bond acceptors (Lipinski definition) is 3. The van der Waals surface area contributed by atoms with Crippen LogP contribution in [0.2, 0.25) is 0 Å². The van der Waals surface area contributed by atoms with Crippen LogP contribution in [0.3, 0.4) is 0 Å². The molecule has 0 amide bonds. The fraction of sp³-hybridized carbons (Fsp3) is 0.102. The van der Waals surface area contributed by atoms with E-state index in [2.05, 4.69) is 176 Å². The van der Waals surface area contributed by atoms with Crippen molar-refractivity contribution in [3.63, 3.8) is 0 Å². The maximum atomic E-state index is 5.45. The normalized spacial score (nSPS) is 16.8. The largest absolute Gasteiger partial charge is 0.333 e. The molecule has 3 nitrogen and oxygen atoms in total. The number of fused-ring (bicyclic) bond motifs is 5. The van der Waals surface area contributed by atoms with Crippen molar-refractivity contribution >= 4 is 38.8 Å². The summed E-state index contributed by atoms with van der Waals surface area (Å²) in [6, 6.07) is 56.9. The van der Waals surface area contributed by atoms with Gasteiger partial charge < -0.3 is 4.90 Å². The van der Waals surface area contributed by atoms with Crippen LogP contribution >= 0.6 is 0 Å². The molecule has 1 unspecified atom stereocenters. The van der Waals surface area contributed by atoms with Gasteiger partial charge in [-0.1, -0.05) is 151 Å². The van der Waals surface area contributed by atoms with Gasteiger partial charge in [-0.3, -0.25) is 0 Å². The van der Waals surface area contributed by atoms with Crippen molar-refractivity contribution in [1.29, 1.82) is 0 Å². The van der Waals surface area contributed by atoms with Crippen molar-refractivity contribution in [2.75, 3.05) is 7.05 Å². The molecule has 7 aromatic carbocycles. The Labute approximate surface area is 304 Å². The van der Waals surface area contributed by atoms with Gasteiger partial charge in [-0.15, -0.1) is 0 Å². The maximum absolute atomic E-state index is 5.45. The summed E-state index contributed by atoms with van der Waals surface area (Å²) >= 11 is 0. The lowest BCUT2D eigenvalue weighted by Gasteiger charge is -2.35. The first-order valence-electron chi connectivity index (χ1n) is 18.3. The molecule has 0 bridgehead atoms. The minimum absolute atomic E-state index is 0.218. The van der Waals surface area contributed by atoms with Gasteiger partial charge >= 0.3 is 0 Å². The van der Waals surface area contributed by atoms with Crippen LogP contribution in [-0.2, 0) is 6.42 Å². The smallest absolute Gasteiger partial charge is 0.159 e. The van der Waals surface area contributed by atoms with Gasteiger partial charge in [0.05, 0.1) is 0 Å². The molecule has 3 heteroatoms. The summed E-state index contributed by atoms with van der Waals surface area (Å²) in [6.45, 7) is 0. The van der Waals surface area contributed by atoms with Gasteiger partial charge in [0.2, 0.25) is 0 Å². The molecule has 0 spiro atoms. The third-order valence-corrected chi connectivity index (χ3v) is 11.0. The van der Waals surface area contributed by atoms with Crippen molar-refractivity contribution < 1.29 is 0 Å². The molecule has 0 fully saturated rings. The van der Waals surface area contributed by atoms with Crippen LogP contribution in [0.1, 0.15) is 35.1 Å². The first-order chi connectivity index (χ1) is 25.7. The van der Waals surface area contributed by atoms with Crippen molar-refractivity contribution in [1.82, 2.24) is 4.90 Å². The summed E-state index contributed by atoms with van der Waals surface area (Å²) in [5.74, 6) is 1.70. The molecule has 248 valence electrons. The highest BCUT2D eigenvalue weighted by Crippen LogP contribution is 2.47. The second-order valence-electron chi connectivity index (χ2n) is 14.1. The number of aliphatic imine (C=N–C) groups is 2. The van der Waals surface area contributed by atoms with E-state index in [0.717, 1.165) is 42.1 Å². The summed E-state index contributed by atoms with van der Waals surface area (Å²) in [6.07, 6.45) is 5.31. The van der Waals surface area contributed by atoms with Gasteiger partial charge in [0.25, 0.3) is 0 Å². The van der Waals surface area contributed by atoms with Gasteiger partial charge in [-0.05, 0) is 98.0 Å². The summed E-state index contributed by atoms with van der Waals surface area (Å²) in [4.78, 5) is 13.0. The predicted molar refractivity (Wildman–Crippen MR) is 218 cm³/mol. The lowest BCUT2D eigenvalue weighted by Crippen LogP contribution is -2.42. The SMILES string of the molecule is CN1C(c2cccc(-c3ccccc3)c2)=NC(c2ccccc2)=NC1C1=CCCC2=C1c1cc(-c3cc4ccccc4c4ccccc34)ccc1C2. The monoisotopic (exact) mass is 667 g/mol. The topological polar surface area (TPSA) is 28.0 Å². The standard InChI is InChI=1S/C49H37N3/c1-52-48(39-21-12-19-34(28-39)32-14-4-2-5-15-32)50-47(33-16-6-3-7-17-33)51-49(52)43-25-13-20-38-29-36-26-27-37(31-45(36)46(38)43)44-30-35-18-8-9-22-40(35)41-23-10-11-24-42(41)44/h2-12,14-19,21-28,30-31,49H,13,20,29H2,1H3. The molecular formula is C49H37N3. The van der Waals surface area contributed by atoms with E-state index in [9.17, 15) is 0 Å². The second-order valence-corrected chi connectivity index (χ2v) is 14.1. The van der Waals surface area contributed by atoms with Gasteiger partial charge in [-0.25, -0.2) is 9.98 Å². The van der Waals surface area contributed by atoms with E-state index in [4.69, 9.17) is 9.98 Å². The first-order valence-corrected chi connectivity index (χ1v) is 18.3. The Morgan fingerprint density at radius 3 is 2.08 bits per heavy atom. The predicted octanol–water partition coefficient (Wildman–Crippen LogP) is 11.5. The Morgan fingerprint density at radius 1 is 0.558 bits per heavy atom. The molecule has 52 heavy (non-hydrogen) atoms. The molecule has 0 radical (unpaired) electrons. The third kappa shape index (κ3) is 5.12. The quantitative estimate of drug-likeness (QED) is 0.168. The fourth-order valence-corrected chi connectivity index (χ4v) is 8.51. The number of allylic oxidation sites excluding steroid dienone is 2. The highest BCUT2D eigenvalue weighted by Gasteiger charge is 2.35. The second kappa shape index (κ2) is 12.5. The van der Waals surface area contributed by atoms with Crippen molar-refractivity contribution in [2.24, 2.45) is 9.98 Å². The number of nitrogens with zero attached hydrogens (tertiary/aromatic N) is 3. The van der Waals surface area contributed by atoms with Crippen molar-refractivity contribution in [3.8, 4) is 22.3 Å². The van der Waals surface area contributed by atoms with Crippen LogP contribution in [0.15, 0.2) is 185 Å². The molecule has 3 aliphatic rings. The van der Waals surface area contributed by atoms with Gasteiger partial charge in [0.15, 0.2) is 12.0 Å². The summed E-state index contributed by atoms with van der Waals surface area (Å²) in [5, 5.41) is 5.15. The Morgan fingerprint density at radius 2 is 1.25 bits per heavy atom. The Bertz CT molecular complexity index is 2660. The van der Waals surface area contributed by atoms with Crippen molar-refractivity contribution in [2.45, 2.75) is 25.4 Å². The minimum atomic E-state index is -0.218. The third-order valence-electron chi connectivity index (χ3n) is 11.0. The van der Waals surface area contributed by atoms with E-state index >= 15 is 0 Å². The van der Waals surface area contributed by atoms with E-state index in [1.54, 1.807) is 0 Å². The summed E-state index contributed by atoms with van der Waals surface area (Å²) in [5.41, 5.74) is 13.9. The number of hydrogen-bond donors (Lipinski definition) is 0. The molecule has 1 aliphatic heterocycles. The summed E-state index contributed by atoms with van der Waals surface area (Å²) in [7, 11) is 2.16. The Kier molecular flexibility index (Phi) is 7.31. The van der Waals surface area contributed by atoms with E-state index in [1.165, 1.54) is 71.6 Å². The van der Waals surface area contributed by atoms with Crippen LogP contribution < -0.4 is 0 Å². The molecule has 1 atom stereocenters. The van der Waals surface area contributed by atoms with Crippen LogP contribution in [0, 0.1) is 0 Å². The zero-order valence-electron chi connectivity index (χ0n) is 29.1. The molecule has 0 saturated heterocycles. The highest BCUT2D eigenvalue weighted by atomic mass is 15.3.